The smallest absolute Gasteiger partial charge is 0.335 e. The number of benzene rings is 1. The van der Waals surface area contributed by atoms with Crippen molar-refractivity contribution in [3.8, 4) is 0 Å². The fraction of sp³-hybridized carbons (Fsp3) is 0.526. The molecule has 0 spiro atoms. The predicted octanol–water partition coefficient (Wildman–Crippen LogP) is 4.46. The fourth-order valence-corrected chi connectivity index (χ4v) is 2.85. The van der Waals surface area contributed by atoms with Gasteiger partial charge in [-0.15, -0.1) is 0 Å². The second kappa shape index (κ2) is 12.4. The number of amides is 1. The summed E-state index contributed by atoms with van der Waals surface area (Å²) >= 11 is 4.18. The Morgan fingerprint density at radius 2 is 1.23 bits per heavy atom. The van der Waals surface area contributed by atoms with Gasteiger partial charge in [0.1, 0.15) is 0 Å². The fourth-order valence-electron chi connectivity index (χ4n) is 2.63. The second-order valence-corrected chi connectivity index (χ2v) is 6.71. The molecule has 1 aromatic carbocycles. The largest absolute Gasteiger partial charge is 0.478 e. The maximum absolute atomic E-state index is 12.0. The lowest BCUT2D eigenvalue weighted by Gasteiger charge is -2.08. The third-order valence-corrected chi connectivity index (χ3v) is 4.34. The van der Waals surface area contributed by atoms with Crippen LogP contribution in [0.4, 0.5) is 5.69 Å². The minimum atomic E-state index is -1.24. The Morgan fingerprint density at radius 3 is 1.69 bits per heavy atom. The zero-order chi connectivity index (χ0) is 19.4. The molecular formula is C19H27NO5S. The standard InChI is InChI=1S/C19H27NO5S/c21-17(9-7-5-3-1-2-4-6-8-10-26)20-16-12-14(18(22)23)11-15(13-16)19(24)25/h11-13,26H,1-10H2,(H,20,21)(H,22,23)(H,24,25). The third-order valence-electron chi connectivity index (χ3n) is 4.02. The van der Waals surface area contributed by atoms with Crippen molar-refractivity contribution >= 4 is 36.2 Å². The minimum Gasteiger partial charge on any atom is -0.478 e. The number of thiol groups is 1. The van der Waals surface area contributed by atoms with Crippen LogP contribution in [0.25, 0.3) is 0 Å². The first-order valence-corrected chi connectivity index (χ1v) is 9.59. The number of carboxylic acids is 2. The second-order valence-electron chi connectivity index (χ2n) is 6.26. The van der Waals surface area contributed by atoms with Gasteiger partial charge in [0, 0.05) is 12.1 Å². The van der Waals surface area contributed by atoms with Crippen molar-refractivity contribution in [1.29, 1.82) is 0 Å². The van der Waals surface area contributed by atoms with Crippen LogP contribution in [0.1, 0.15) is 78.5 Å². The van der Waals surface area contributed by atoms with Gasteiger partial charge in [-0.25, -0.2) is 9.59 Å². The van der Waals surface area contributed by atoms with E-state index in [-0.39, 0.29) is 22.7 Å². The number of hydrogen-bond acceptors (Lipinski definition) is 4. The summed E-state index contributed by atoms with van der Waals surface area (Å²) in [5.41, 5.74) is -0.146. The van der Waals surface area contributed by atoms with Gasteiger partial charge < -0.3 is 15.5 Å². The van der Waals surface area contributed by atoms with Crippen molar-refractivity contribution in [2.45, 2.75) is 57.8 Å². The number of carbonyl (C=O) groups excluding carboxylic acids is 1. The molecule has 6 nitrogen and oxygen atoms in total. The lowest BCUT2D eigenvalue weighted by atomic mass is 10.1. The number of aromatic carboxylic acids is 2. The van der Waals surface area contributed by atoms with Crippen molar-refractivity contribution in [2.24, 2.45) is 0 Å². The van der Waals surface area contributed by atoms with Crippen LogP contribution < -0.4 is 5.32 Å². The van der Waals surface area contributed by atoms with E-state index in [4.69, 9.17) is 10.2 Å². The summed E-state index contributed by atoms with van der Waals surface area (Å²) in [6, 6.07) is 3.59. The molecule has 0 atom stereocenters. The summed E-state index contributed by atoms with van der Waals surface area (Å²) in [5.74, 6) is -1.77. The maximum atomic E-state index is 12.0. The molecule has 1 amide bonds. The molecule has 0 unspecified atom stereocenters. The first-order valence-electron chi connectivity index (χ1n) is 8.96. The van der Waals surface area contributed by atoms with E-state index < -0.39 is 11.9 Å². The predicted molar refractivity (Wildman–Crippen MR) is 104 cm³/mol. The molecule has 1 rings (SSSR count). The van der Waals surface area contributed by atoms with E-state index >= 15 is 0 Å². The molecule has 26 heavy (non-hydrogen) atoms. The number of carbonyl (C=O) groups is 3. The molecule has 144 valence electrons. The first kappa shape index (κ1) is 22.0. The summed E-state index contributed by atoms with van der Waals surface area (Å²) < 4.78 is 0. The number of rotatable bonds is 13. The minimum absolute atomic E-state index is 0.168. The highest BCUT2D eigenvalue weighted by Crippen LogP contribution is 2.17. The van der Waals surface area contributed by atoms with Gasteiger partial charge in [-0.3, -0.25) is 4.79 Å². The quantitative estimate of drug-likeness (QED) is 0.298. The molecule has 0 aliphatic carbocycles. The Morgan fingerprint density at radius 1 is 0.769 bits per heavy atom. The Labute approximate surface area is 159 Å². The van der Waals surface area contributed by atoms with Gasteiger partial charge in [0.15, 0.2) is 0 Å². The lowest BCUT2D eigenvalue weighted by molar-refractivity contribution is -0.116. The number of carboxylic acid groups (broad SMARTS) is 2. The highest BCUT2D eigenvalue weighted by molar-refractivity contribution is 7.80. The lowest BCUT2D eigenvalue weighted by Crippen LogP contribution is -2.13. The normalized spacial score (nSPS) is 10.5. The average Bonchev–Trinajstić information content (AvgIpc) is 2.59. The molecule has 0 radical (unpaired) electrons. The van der Waals surface area contributed by atoms with Crippen molar-refractivity contribution < 1.29 is 24.6 Å². The monoisotopic (exact) mass is 381 g/mol. The number of hydrogen-bond donors (Lipinski definition) is 4. The molecule has 0 heterocycles. The molecule has 1 aromatic rings. The van der Waals surface area contributed by atoms with Crippen LogP contribution in [-0.4, -0.2) is 33.8 Å². The van der Waals surface area contributed by atoms with Crippen LogP contribution in [-0.2, 0) is 4.79 Å². The van der Waals surface area contributed by atoms with Crippen LogP contribution in [0.15, 0.2) is 18.2 Å². The van der Waals surface area contributed by atoms with Gasteiger partial charge in [-0.05, 0) is 36.8 Å². The van der Waals surface area contributed by atoms with Crippen LogP contribution in [0.5, 0.6) is 0 Å². The van der Waals surface area contributed by atoms with Gasteiger partial charge in [0.2, 0.25) is 5.91 Å². The molecular weight excluding hydrogens is 354 g/mol. The number of anilines is 1. The van der Waals surface area contributed by atoms with Crippen molar-refractivity contribution in [2.75, 3.05) is 11.1 Å². The van der Waals surface area contributed by atoms with E-state index in [0.717, 1.165) is 43.9 Å². The van der Waals surface area contributed by atoms with Gasteiger partial charge in [0.25, 0.3) is 0 Å². The van der Waals surface area contributed by atoms with Crippen LogP contribution in [0.3, 0.4) is 0 Å². The molecule has 7 heteroatoms. The Balaban J connectivity index is 2.34. The Kier molecular flexibility index (Phi) is 10.5. The van der Waals surface area contributed by atoms with Crippen LogP contribution >= 0.6 is 12.6 Å². The molecule has 3 N–H and O–H groups in total. The topological polar surface area (TPSA) is 104 Å². The molecule has 0 saturated heterocycles. The summed E-state index contributed by atoms with van der Waals surface area (Å²) in [5, 5.41) is 20.6. The van der Waals surface area contributed by atoms with Gasteiger partial charge in [-0.2, -0.15) is 12.6 Å². The number of nitrogens with one attached hydrogen (secondary N) is 1. The zero-order valence-electron chi connectivity index (χ0n) is 14.9. The van der Waals surface area contributed by atoms with Crippen molar-refractivity contribution in [3.63, 3.8) is 0 Å². The van der Waals surface area contributed by atoms with Gasteiger partial charge in [-0.1, -0.05) is 38.5 Å². The highest BCUT2D eigenvalue weighted by atomic mass is 32.1. The summed E-state index contributed by atoms with van der Waals surface area (Å²) in [7, 11) is 0. The molecule has 0 fully saturated rings. The van der Waals surface area contributed by atoms with E-state index in [1.54, 1.807) is 0 Å². The summed E-state index contributed by atoms with van der Waals surface area (Å²) in [6.07, 6.45) is 9.13. The Bertz CT molecular complexity index is 586. The van der Waals surface area contributed by atoms with Crippen LogP contribution in [0, 0.1) is 0 Å². The van der Waals surface area contributed by atoms with Gasteiger partial charge >= 0.3 is 11.9 Å². The van der Waals surface area contributed by atoms with E-state index in [9.17, 15) is 14.4 Å². The average molecular weight is 381 g/mol. The molecule has 0 bridgehead atoms. The summed E-state index contributed by atoms with van der Waals surface area (Å²) in [4.78, 5) is 34.1. The SMILES string of the molecule is O=C(CCCCCCCCCCS)Nc1cc(C(=O)O)cc(C(=O)O)c1. The Hall–Kier alpha value is -2.02. The number of unbranched alkanes of at least 4 members (excludes halogenated alkanes) is 7. The van der Waals surface area contributed by atoms with E-state index in [1.165, 1.54) is 31.4 Å². The molecule has 0 saturated carbocycles. The molecule has 0 aliphatic rings. The third kappa shape index (κ3) is 8.89. The molecule has 0 aromatic heterocycles. The van der Waals surface area contributed by atoms with Crippen molar-refractivity contribution in [3.05, 3.63) is 29.3 Å². The van der Waals surface area contributed by atoms with Crippen LogP contribution in [0.2, 0.25) is 0 Å². The molecule has 0 aliphatic heterocycles. The maximum Gasteiger partial charge on any atom is 0.335 e. The first-order chi connectivity index (χ1) is 12.4. The van der Waals surface area contributed by atoms with E-state index in [2.05, 4.69) is 17.9 Å². The van der Waals surface area contributed by atoms with E-state index in [0.29, 0.717) is 6.42 Å². The van der Waals surface area contributed by atoms with Crippen molar-refractivity contribution in [1.82, 2.24) is 0 Å². The summed E-state index contributed by atoms with van der Waals surface area (Å²) in [6.45, 7) is 0. The highest BCUT2D eigenvalue weighted by Gasteiger charge is 2.12. The van der Waals surface area contributed by atoms with E-state index in [1.807, 2.05) is 0 Å². The zero-order valence-corrected chi connectivity index (χ0v) is 15.8. The van der Waals surface area contributed by atoms with Gasteiger partial charge in [0.05, 0.1) is 11.1 Å².